The van der Waals surface area contributed by atoms with Crippen molar-refractivity contribution < 1.29 is 9.59 Å². The molecule has 1 aromatic heterocycles. The van der Waals surface area contributed by atoms with Gasteiger partial charge in [0.1, 0.15) is 0 Å². The molecule has 33 heavy (non-hydrogen) atoms. The lowest BCUT2D eigenvalue weighted by atomic mass is 10.1. The molecular formula is C25H28N4O3S. The molecule has 3 aromatic rings. The number of thioether (sulfide) groups is 1. The van der Waals surface area contributed by atoms with Gasteiger partial charge in [0.25, 0.3) is 5.56 Å². The third-order valence-electron chi connectivity index (χ3n) is 5.60. The molecule has 0 spiro atoms. The molecule has 0 unspecified atom stereocenters. The summed E-state index contributed by atoms with van der Waals surface area (Å²) in [5.41, 5.74) is 1.99. The van der Waals surface area contributed by atoms with Crippen molar-refractivity contribution in [1.29, 1.82) is 0 Å². The van der Waals surface area contributed by atoms with Gasteiger partial charge < -0.3 is 10.2 Å². The Kier molecular flexibility index (Phi) is 7.13. The van der Waals surface area contributed by atoms with E-state index in [9.17, 15) is 14.4 Å². The summed E-state index contributed by atoms with van der Waals surface area (Å²) < 4.78 is 1.68. The second-order valence-corrected chi connectivity index (χ2v) is 9.53. The summed E-state index contributed by atoms with van der Waals surface area (Å²) >= 11 is 1.26. The average Bonchev–Trinajstić information content (AvgIpc) is 3.23. The van der Waals surface area contributed by atoms with Gasteiger partial charge in [-0.3, -0.25) is 19.0 Å². The number of hydrogen-bond donors (Lipinski definition) is 1. The fourth-order valence-electron chi connectivity index (χ4n) is 3.84. The smallest absolute Gasteiger partial charge is 0.262 e. The molecular weight excluding hydrogens is 436 g/mol. The van der Waals surface area contributed by atoms with Gasteiger partial charge in [-0.05, 0) is 49.1 Å². The first-order chi connectivity index (χ1) is 15.9. The molecule has 0 saturated carbocycles. The number of carbonyl (C=O) groups excluding carboxylic acids is 2. The highest BCUT2D eigenvalue weighted by molar-refractivity contribution is 7.99. The van der Waals surface area contributed by atoms with Crippen molar-refractivity contribution in [2.24, 2.45) is 5.92 Å². The van der Waals surface area contributed by atoms with E-state index in [1.54, 1.807) is 21.6 Å². The lowest BCUT2D eigenvalue weighted by Crippen LogP contribution is -2.25. The zero-order valence-electron chi connectivity index (χ0n) is 18.9. The number of fused-ring (bicyclic) bond motifs is 1. The summed E-state index contributed by atoms with van der Waals surface area (Å²) in [5.74, 6) is 0.483. The van der Waals surface area contributed by atoms with Crippen LogP contribution in [0, 0.1) is 5.92 Å². The molecule has 172 valence electrons. The number of hydrogen-bond acceptors (Lipinski definition) is 5. The fourth-order valence-corrected chi connectivity index (χ4v) is 4.67. The number of anilines is 2. The first-order valence-electron chi connectivity index (χ1n) is 11.2. The highest BCUT2D eigenvalue weighted by Crippen LogP contribution is 2.25. The maximum Gasteiger partial charge on any atom is 0.262 e. The van der Waals surface area contributed by atoms with Crippen molar-refractivity contribution in [3.05, 3.63) is 58.9 Å². The van der Waals surface area contributed by atoms with Crippen LogP contribution in [-0.4, -0.2) is 33.7 Å². The Morgan fingerprint density at radius 1 is 1.15 bits per heavy atom. The molecule has 1 N–H and O–H groups in total. The maximum atomic E-state index is 13.1. The minimum Gasteiger partial charge on any atom is -0.325 e. The normalized spacial score (nSPS) is 13.8. The van der Waals surface area contributed by atoms with Crippen molar-refractivity contribution in [2.75, 3.05) is 22.5 Å². The predicted molar refractivity (Wildman–Crippen MR) is 133 cm³/mol. The molecule has 1 aliphatic heterocycles. The van der Waals surface area contributed by atoms with Crippen molar-refractivity contribution >= 4 is 45.9 Å². The van der Waals surface area contributed by atoms with E-state index in [4.69, 9.17) is 0 Å². The van der Waals surface area contributed by atoms with E-state index in [-0.39, 0.29) is 23.1 Å². The second-order valence-electron chi connectivity index (χ2n) is 8.59. The van der Waals surface area contributed by atoms with Crippen LogP contribution in [0.25, 0.3) is 10.9 Å². The molecule has 0 aliphatic carbocycles. The molecule has 8 heteroatoms. The van der Waals surface area contributed by atoms with E-state index >= 15 is 0 Å². The minimum atomic E-state index is -0.192. The monoisotopic (exact) mass is 464 g/mol. The highest BCUT2D eigenvalue weighted by atomic mass is 32.2. The number of nitrogens with zero attached hydrogens (tertiary/aromatic N) is 3. The van der Waals surface area contributed by atoms with Gasteiger partial charge in [0.05, 0.1) is 16.7 Å². The second kappa shape index (κ2) is 10.2. The Labute approximate surface area is 197 Å². The van der Waals surface area contributed by atoms with Gasteiger partial charge >= 0.3 is 0 Å². The van der Waals surface area contributed by atoms with E-state index in [1.165, 1.54) is 11.8 Å². The van der Waals surface area contributed by atoms with Crippen molar-refractivity contribution in [1.82, 2.24) is 9.55 Å². The van der Waals surface area contributed by atoms with Gasteiger partial charge in [-0.2, -0.15) is 0 Å². The molecule has 2 aromatic carbocycles. The molecule has 1 aliphatic rings. The molecule has 2 amide bonds. The molecule has 0 atom stereocenters. The SMILES string of the molecule is CC(C)CCn1c(SCC(=O)Nc2cccc(N3CCCC3=O)c2)nc2ccccc2c1=O. The van der Waals surface area contributed by atoms with Crippen LogP contribution >= 0.6 is 11.8 Å². The first-order valence-corrected chi connectivity index (χ1v) is 12.2. The summed E-state index contributed by atoms with van der Waals surface area (Å²) in [7, 11) is 0. The highest BCUT2D eigenvalue weighted by Gasteiger charge is 2.22. The molecule has 4 rings (SSSR count). The number of benzene rings is 2. The molecule has 2 heterocycles. The predicted octanol–water partition coefficient (Wildman–Crippen LogP) is 4.30. The quantitative estimate of drug-likeness (QED) is 0.397. The standard InChI is InChI=1S/C25H28N4O3S/c1-17(2)12-14-29-24(32)20-9-3-4-10-21(20)27-25(29)33-16-22(30)26-18-7-5-8-19(15-18)28-13-6-11-23(28)31/h3-5,7-10,15,17H,6,11-14,16H2,1-2H3,(H,26,30). The Hall–Kier alpha value is -3.13. The van der Waals surface area contributed by atoms with Crippen molar-refractivity contribution in [3.63, 3.8) is 0 Å². The average molecular weight is 465 g/mol. The number of para-hydroxylation sites is 1. The van der Waals surface area contributed by atoms with Crippen LogP contribution < -0.4 is 15.8 Å². The maximum absolute atomic E-state index is 13.1. The van der Waals surface area contributed by atoms with Gasteiger partial charge in [0.15, 0.2) is 5.16 Å². The largest absolute Gasteiger partial charge is 0.325 e. The molecule has 0 radical (unpaired) electrons. The van der Waals surface area contributed by atoms with Gasteiger partial charge in [-0.15, -0.1) is 0 Å². The molecule has 0 bridgehead atoms. The van der Waals surface area contributed by atoms with Crippen LogP contribution in [-0.2, 0) is 16.1 Å². The Balaban J connectivity index is 1.49. The zero-order chi connectivity index (χ0) is 23.4. The van der Waals surface area contributed by atoms with E-state index in [1.807, 2.05) is 36.4 Å². The fraction of sp³-hybridized carbons (Fsp3) is 0.360. The first kappa shape index (κ1) is 23.0. The Morgan fingerprint density at radius 3 is 2.73 bits per heavy atom. The summed E-state index contributed by atoms with van der Waals surface area (Å²) in [6.07, 6.45) is 2.26. The summed E-state index contributed by atoms with van der Waals surface area (Å²) in [4.78, 5) is 44.2. The van der Waals surface area contributed by atoms with Crippen LogP contribution in [0.5, 0.6) is 0 Å². The third-order valence-corrected chi connectivity index (χ3v) is 6.58. The van der Waals surface area contributed by atoms with Crippen LogP contribution in [0.15, 0.2) is 58.5 Å². The van der Waals surface area contributed by atoms with Crippen LogP contribution in [0.3, 0.4) is 0 Å². The van der Waals surface area contributed by atoms with Gasteiger partial charge in [-0.25, -0.2) is 4.98 Å². The number of amides is 2. The van der Waals surface area contributed by atoms with Crippen LogP contribution in [0.1, 0.15) is 33.1 Å². The molecule has 7 nitrogen and oxygen atoms in total. The van der Waals surface area contributed by atoms with Gasteiger partial charge in [-0.1, -0.05) is 43.8 Å². The Bertz CT molecular complexity index is 1240. The lowest BCUT2D eigenvalue weighted by Gasteiger charge is -2.17. The zero-order valence-corrected chi connectivity index (χ0v) is 19.7. The van der Waals surface area contributed by atoms with Gasteiger partial charge in [0, 0.05) is 30.9 Å². The minimum absolute atomic E-state index is 0.0767. The van der Waals surface area contributed by atoms with Crippen LogP contribution in [0.4, 0.5) is 11.4 Å². The molecule has 1 fully saturated rings. The number of aromatic nitrogens is 2. The van der Waals surface area contributed by atoms with E-state index in [2.05, 4.69) is 24.1 Å². The third kappa shape index (κ3) is 5.45. The summed E-state index contributed by atoms with van der Waals surface area (Å²) in [6, 6.07) is 14.6. The lowest BCUT2D eigenvalue weighted by molar-refractivity contribution is -0.117. The topological polar surface area (TPSA) is 84.3 Å². The molecule has 1 saturated heterocycles. The number of nitrogens with one attached hydrogen (secondary N) is 1. The van der Waals surface area contributed by atoms with E-state index in [0.717, 1.165) is 18.5 Å². The van der Waals surface area contributed by atoms with Gasteiger partial charge in [0.2, 0.25) is 11.8 Å². The summed E-state index contributed by atoms with van der Waals surface area (Å²) in [6.45, 7) is 5.49. The van der Waals surface area contributed by atoms with Crippen molar-refractivity contribution in [3.8, 4) is 0 Å². The van der Waals surface area contributed by atoms with E-state index < -0.39 is 0 Å². The van der Waals surface area contributed by atoms with Crippen LogP contribution in [0.2, 0.25) is 0 Å². The summed E-state index contributed by atoms with van der Waals surface area (Å²) in [5, 5.41) is 4.03. The van der Waals surface area contributed by atoms with E-state index in [0.29, 0.717) is 47.2 Å². The van der Waals surface area contributed by atoms with Crippen molar-refractivity contribution in [2.45, 2.75) is 44.8 Å². The number of rotatable bonds is 8. The number of carbonyl (C=O) groups is 2. The Morgan fingerprint density at radius 2 is 1.97 bits per heavy atom.